The number of amidine groups is 1. The standard InChI is InChI=1S/C13H17N3O3/c1-9(16-8-14)15-7-11-12(18-3)5-10(17-2)6-13(11)19-4/h5-6H,7H2,1-4H3,(H,15,16). The molecule has 102 valence electrons. The molecule has 0 atom stereocenters. The van der Waals surface area contributed by atoms with Crippen LogP contribution in [0, 0.1) is 11.5 Å². The molecule has 0 amide bonds. The van der Waals surface area contributed by atoms with Crippen molar-refractivity contribution >= 4 is 5.84 Å². The van der Waals surface area contributed by atoms with Crippen molar-refractivity contribution in [3.05, 3.63) is 17.7 Å². The van der Waals surface area contributed by atoms with E-state index < -0.39 is 0 Å². The zero-order valence-electron chi connectivity index (χ0n) is 11.5. The first-order valence-electron chi connectivity index (χ1n) is 5.61. The van der Waals surface area contributed by atoms with Gasteiger partial charge in [0.15, 0.2) is 6.19 Å². The van der Waals surface area contributed by atoms with Crippen LogP contribution in [-0.2, 0) is 6.54 Å². The van der Waals surface area contributed by atoms with Crippen molar-refractivity contribution < 1.29 is 14.2 Å². The molecule has 0 aliphatic heterocycles. The second-order valence-corrected chi connectivity index (χ2v) is 3.65. The van der Waals surface area contributed by atoms with Crippen LogP contribution in [0.2, 0.25) is 0 Å². The molecule has 6 heteroatoms. The second-order valence-electron chi connectivity index (χ2n) is 3.65. The lowest BCUT2D eigenvalue weighted by Crippen LogP contribution is -2.13. The van der Waals surface area contributed by atoms with Gasteiger partial charge in [-0.1, -0.05) is 0 Å². The molecule has 1 rings (SSSR count). The summed E-state index contributed by atoms with van der Waals surface area (Å²) < 4.78 is 15.8. The van der Waals surface area contributed by atoms with Gasteiger partial charge in [-0.2, -0.15) is 5.26 Å². The van der Waals surface area contributed by atoms with Gasteiger partial charge >= 0.3 is 0 Å². The summed E-state index contributed by atoms with van der Waals surface area (Å²) in [5.74, 6) is 2.44. The predicted octanol–water partition coefficient (Wildman–Crippen LogP) is 1.70. The summed E-state index contributed by atoms with van der Waals surface area (Å²) in [6.45, 7) is 2.06. The number of hydrogen-bond acceptors (Lipinski definition) is 5. The Kier molecular flexibility index (Phi) is 5.48. The van der Waals surface area contributed by atoms with Crippen molar-refractivity contribution in [3.63, 3.8) is 0 Å². The summed E-state index contributed by atoms with van der Waals surface area (Å²) in [4.78, 5) is 4.24. The fourth-order valence-electron chi connectivity index (χ4n) is 1.55. The largest absolute Gasteiger partial charge is 0.496 e. The van der Waals surface area contributed by atoms with Gasteiger partial charge in [0, 0.05) is 12.1 Å². The summed E-state index contributed by atoms with van der Waals surface area (Å²) in [6.07, 6.45) is 1.82. The maximum atomic E-state index is 8.50. The highest BCUT2D eigenvalue weighted by molar-refractivity contribution is 5.80. The summed E-state index contributed by atoms with van der Waals surface area (Å²) in [5.41, 5.74) is 0.796. The number of ether oxygens (including phenoxy) is 3. The van der Waals surface area contributed by atoms with Crippen LogP contribution in [0.5, 0.6) is 17.2 Å². The van der Waals surface area contributed by atoms with E-state index in [-0.39, 0.29) is 0 Å². The number of nitriles is 1. The molecule has 0 radical (unpaired) electrons. The molecule has 0 saturated carbocycles. The number of nitrogens with zero attached hydrogens (tertiary/aromatic N) is 2. The van der Waals surface area contributed by atoms with E-state index in [4.69, 9.17) is 19.5 Å². The van der Waals surface area contributed by atoms with Crippen LogP contribution < -0.4 is 19.5 Å². The molecule has 0 fully saturated rings. The molecule has 0 saturated heterocycles. The normalized spacial score (nSPS) is 10.6. The van der Waals surface area contributed by atoms with Gasteiger partial charge in [0.25, 0.3) is 0 Å². The Morgan fingerprint density at radius 1 is 1.21 bits per heavy atom. The van der Waals surface area contributed by atoms with Crippen molar-refractivity contribution in [2.45, 2.75) is 13.5 Å². The monoisotopic (exact) mass is 263 g/mol. The molecule has 1 aromatic rings. The van der Waals surface area contributed by atoms with Crippen molar-refractivity contribution in [2.75, 3.05) is 21.3 Å². The van der Waals surface area contributed by atoms with Crippen LogP contribution in [0.4, 0.5) is 0 Å². The molecule has 1 N–H and O–H groups in total. The molecular formula is C13H17N3O3. The lowest BCUT2D eigenvalue weighted by molar-refractivity contribution is 0.369. The maximum Gasteiger partial charge on any atom is 0.182 e. The van der Waals surface area contributed by atoms with Gasteiger partial charge in [-0.3, -0.25) is 10.3 Å². The van der Waals surface area contributed by atoms with Gasteiger partial charge in [0.2, 0.25) is 0 Å². The SMILES string of the molecule is COc1cc(OC)c(CN=C(C)NC#N)c(OC)c1. The van der Waals surface area contributed by atoms with Crippen LogP contribution in [-0.4, -0.2) is 27.2 Å². The van der Waals surface area contributed by atoms with E-state index in [1.54, 1.807) is 40.4 Å². The zero-order chi connectivity index (χ0) is 14.3. The van der Waals surface area contributed by atoms with Crippen LogP contribution in [0.3, 0.4) is 0 Å². The molecule has 0 aliphatic rings. The number of hydrogen-bond donors (Lipinski definition) is 1. The van der Waals surface area contributed by atoms with E-state index in [9.17, 15) is 0 Å². The van der Waals surface area contributed by atoms with Gasteiger partial charge in [0.1, 0.15) is 23.1 Å². The van der Waals surface area contributed by atoms with Gasteiger partial charge in [-0.05, 0) is 6.92 Å². The summed E-state index contributed by atoms with van der Waals surface area (Å²) in [7, 11) is 4.72. The average molecular weight is 263 g/mol. The lowest BCUT2D eigenvalue weighted by Gasteiger charge is -2.13. The first-order valence-corrected chi connectivity index (χ1v) is 5.61. The average Bonchev–Trinajstić information content (AvgIpc) is 2.44. The molecule has 0 unspecified atom stereocenters. The van der Waals surface area contributed by atoms with E-state index in [0.29, 0.717) is 29.6 Å². The van der Waals surface area contributed by atoms with E-state index in [2.05, 4.69) is 10.3 Å². The van der Waals surface area contributed by atoms with Crippen molar-refractivity contribution in [1.29, 1.82) is 5.26 Å². The molecule has 1 aromatic carbocycles. The van der Waals surface area contributed by atoms with Crippen LogP contribution in [0.1, 0.15) is 12.5 Å². The molecule has 0 aliphatic carbocycles. The Morgan fingerprint density at radius 3 is 2.21 bits per heavy atom. The fourth-order valence-corrected chi connectivity index (χ4v) is 1.55. The minimum atomic E-state index is 0.344. The van der Waals surface area contributed by atoms with E-state index in [1.807, 2.05) is 6.19 Å². The van der Waals surface area contributed by atoms with E-state index in [0.717, 1.165) is 5.56 Å². The highest BCUT2D eigenvalue weighted by atomic mass is 16.5. The minimum absolute atomic E-state index is 0.344. The first kappa shape index (κ1) is 14.6. The number of aliphatic imine (C=N–C) groups is 1. The zero-order valence-corrected chi connectivity index (χ0v) is 11.5. The Labute approximate surface area is 112 Å². The van der Waals surface area contributed by atoms with Crippen LogP contribution in [0.15, 0.2) is 17.1 Å². The Hall–Kier alpha value is -2.42. The maximum absolute atomic E-state index is 8.50. The highest BCUT2D eigenvalue weighted by Crippen LogP contribution is 2.34. The van der Waals surface area contributed by atoms with Crippen molar-refractivity contribution in [3.8, 4) is 23.4 Å². The third-order valence-electron chi connectivity index (χ3n) is 2.53. The Morgan fingerprint density at radius 2 is 1.79 bits per heavy atom. The van der Waals surface area contributed by atoms with E-state index >= 15 is 0 Å². The van der Waals surface area contributed by atoms with Gasteiger partial charge in [-0.15, -0.1) is 0 Å². The van der Waals surface area contributed by atoms with Crippen LogP contribution >= 0.6 is 0 Å². The summed E-state index contributed by atoms with van der Waals surface area (Å²) >= 11 is 0. The quantitative estimate of drug-likeness (QED) is 0.379. The number of benzene rings is 1. The third kappa shape index (κ3) is 3.78. The highest BCUT2D eigenvalue weighted by Gasteiger charge is 2.12. The fraction of sp³-hybridized carbons (Fsp3) is 0.385. The summed E-state index contributed by atoms with van der Waals surface area (Å²) in [5, 5.41) is 11.0. The number of nitrogens with one attached hydrogen (secondary N) is 1. The van der Waals surface area contributed by atoms with Gasteiger partial charge in [0.05, 0.1) is 33.4 Å². The molecule has 0 heterocycles. The molecule has 6 nitrogen and oxygen atoms in total. The molecule has 19 heavy (non-hydrogen) atoms. The van der Waals surface area contributed by atoms with Crippen molar-refractivity contribution in [1.82, 2.24) is 5.32 Å². The molecule has 0 aromatic heterocycles. The predicted molar refractivity (Wildman–Crippen MR) is 71.7 cm³/mol. The van der Waals surface area contributed by atoms with Gasteiger partial charge < -0.3 is 14.2 Å². The second kappa shape index (κ2) is 7.11. The topological polar surface area (TPSA) is 75.9 Å². The number of rotatable bonds is 5. The van der Waals surface area contributed by atoms with Crippen LogP contribution in [0.25, 0.3) is 0 Å². The van der Waals surface area contributed by atoms with E-state index in [1.165, 1.54) is 0 Å². The smallest absolute Gasteiger partial charge is 0.182 e. The number of methoxy groups -OCH3 is 3. The summed E-state index contributed by atoms with van der Waals surface area (Å²) in [6, 6.07) is 3.53. The lowest BCUT2D eigenvalue weighted by atomic mass is 10.1. The minimum Gasteiger partial charge on any atom is -0.496 e. The molecule has 0 bridgehead atoms. The molecule has 0 spiro atoms. The first-order chi connectivity index (χ1) is 9.15. The van der Waals surface area contributed by atoms with Crippen molar-refractivity contribution in [2.24, 2.45) is 4.99 Å². The van der Waals surface area contributed by atoms with Gasteiger partial charge in [-0.25, -0.2) is 0 Å². The molecular weight excluding hydrogens is 246 g/mol. The third-order valence-corrected chi connectivity index (χ3v) is 2.53. The Balaban J connectivity index is 3.11. The Bertz CT molecular complexity index is 481.